The highest BCUT2D eigenvalue weighted by atomic mass is 35.5. The first kappa shape index (κ1) is 15.8. The number of aryl methyl sites for hydroxylation is 2. The fourth-order valence-electron chi connectivity index (χ4n) is 1.97. The third kappa shape index (κ3) is 3.64. The van der Waals surface area contributed by atoms with Gasteiger partial charge in [0.25, 0.3) is 10.0 Å². The van der Waals surface area contributed by atoms with Crippen LogP contribution in [0.2, 0.25) is 0 Å². The van der Waals surface area contributed by atoms with Gasteiger partial charge >= 0.3 is 0 Å². The van der Waals surface area contributed by atoms with Crippen molar-refractivity contribution in [3.05, 3.63) is 10.7 Å². The van der Waals surface area contributed by atoms with E-state index in [0.717, 1.165) is 30.9 Å². The van der Waals surface area contributed by atoms with Crippen LogP contribution in [0.3, 0.4) is 0 Å². The Balaban J connectivity index is 0.00000162. The Morgan fingerprint density at radius 2 is 1.94 bits per heavy atom. The summed E-state index contributed by atoms with van der Waals surface area (Å²) in [6.07, 6.45) is 1.69. The lowest BCUT2D eigenvalue weighted by Crippen LogP contribution is -2.42. The summed E-state index contributed by atoms with van der Waals surface area (Å²) in [5.74, 6) is 0. The second-order valence-corrected chi connectivity index (χ2v) is 7.36. The maximum atomic E-state index is 12.2. The number of halogens is 1. The fraction of sp³-hybridized carbons (Fsp3) is 0.700. The van der Waals surface area contributed by atoms with Gasteiger partial charge in [-0.25, -0.2) is 18.1 Å². The maximum Gasteiger partial charge on any atom is 0.252 e. The van der Waals surface area contributed by atoms with Crippen LogP contribution in [0.4, 0.5) is 0 Å². The predicted octanol–water partition coefficient (Wildman–Crippen LogP) is 1.21. The van der Waals surface area contributed by atoms with Crippen molar-refractivity contribution >= 4 is 33.8 Å². The highest BCUT2D eigenvalue weighted by Crippen LogP contribution is 2.23. The lowest BCUT2D eigenvalue weighted by Gasteiger charge is -2.23. The molecular weight excluding hydrogens is 294 g/mol. The molecule has 0 aromatic carbocycles. The van der Waals surface area contributed by atoms with E-state index in [1.165, 1.54) is 11.3 Å². The Morgan fingerprint density at radius 1 is 1.33 bits per heavy atom. The lowest BCUT2D eigenvalue weighted by molar-refractivity contribution is 0.427. The van der Waals surface area contributed by atoms with Gasteiger partial charge in [-0.05, 0) is 39.8 Å². The van der Waals surface area contributed by atoms with Crippen molar-refractivity contribution in [3.63, 3.8) is 0 Å². The van der Waals surface area contributed by atoms with Crippen LogP contribution in [-0.2, 0) is 10.0 Å². The van der Waals surface area contributed by atoms with E-state index in [-0.39, 0.29) is 18.4 Å². The van der Waals surface area contributed by atoms with Crippen molar-refractivity contribution in [1.82, 2.24) is 15.0 Å². The van der Waals surface area contributed by atoms with Crippen LogP contribution in [0.25, 0.3) is 0 Å². The van der Waals surface area contributed by atoms with Crippen LogP contribution in [0.15, 0.2) is 4.21 Å². The molecule has 18 heavy (non-hydrogen) atoms. The van der Waals surface area contributed by atoms with Gasteiger partial charge in [-0.15, -0.1) is 23.7 Å². The van der Waals surface area contributed by atoms with E-state index in [0.29, 0.717) is 9.90 Å². The summed E-state index contributed by atoms with van der Waals surface area (Å²) in [5.41, 5.74) is 0.592. The van der Waals surface area contributed by atoms with Crippen LogP contribution in [0.1, 0.15) is 23.5 Å². The molecule has 0 spiro atoms. The molecule has 1 aliphatic heterocycles. The smallest absolute Gasteiger partial charge is 0.252 e. The minimum atomic E-state index is -3.39. The number of thiazole rings is 1. The van der Waals surface area contributed by atoms with Crippen molar-refractivity contribution in [3.8, 4) is 0 Å². The van der Waals surface area contributed by atoms with Crippen LogP contribution >= 0.6 is 23.7 Å². The molecule has 0 aliphatic carbocycles. The van der Waals surface area contributed by atoms with Crippen molar-refractivity contribution in [2.24, 2.45) is 0 Å². The van der Waals surface area contributed by atoms with Gasteiger partial charge < -0.3 is 5.32 Å². The van der Waals surface area contributed by atoms with Gasteiger partial charge in [-0.2, -0.15) is 0 Å². The molecule has 0 bridgehead atoms. The van der Waals surface area contributed by atoms with E-state index in [4.69, 9.17) is 0 Å². The normalized spacial score (nSPS) is 17.4. The highest BCUT2D eigenvalue weighted by Gasteiger charge is 2.25. The van der Waals surface area contributed by atoms with Gasteiger partial charge in [0.15, 0.2) is 4.21 Å². The number of sulfonamides is 1. The summed E-state index contributed by atoms with van der Waals surface area (Å²) in [7, 11) is -3.39. The summed E-state index contributed by atoms with van der Waals surface area (Å²) >= 11 is 1.23. The highest BCUT2D eigenvalue weighted by molar-refractivity contribution is 7.91. The molecule has 1 aliphatic rings. The average Bonchev–Trinajstić information content (AvgIpc) is 2.59. The van der Waals surface area contributed by atoms with E-state index in [2.05, 4.69) is 15.0 Å². The molecule has 5 nitrogen and oxygen atoms in total. The topological polar surface area (TPSA) is 71.1 Å². The molecule has 8 heteroatoms. The number of nitrogens with one attached hydrogen (secondary N) is 2. The van der Waals surface area contributed by atoms with Crippen molar-refractivity contribution in [1.29, 1.82) is 0 Å². The third-order valence-electron chi connectivity index (χ3n) is 2.77. The molecule has 104 valence electrons. The summed E-state index contributed by atoms with van der Waals surface area (Å²) in [5, 5.41) is 4.00. The van der Waals surface area contributed by atoms with Crippen molar-refractivity contribution < 1.29 is 8.42 Å². The number of rotatable bonds is 3. The van der Waals surface area contributed by atoms with Crippen LogP contribution in [0.5, 0.6) is 0 Å². The van der Waals surface area contributed by atoms with Gasteiger partial charge in [0.05, 0.1) is 10.7 Å². The molecule has 1 aromatic heterocycles. The van der Waals surface area contributed by atoms with E-state index in [1.54, 1.807) is 6.92 Å². The molecule has 1 aromatic rings. The average molecular weight is 312 g/mol. The molecule has 0 atom stereocenters. The van der Waals surface area contributed by atoms with E-state index in [1.807, 2.05) is 6.92 Å². The van der Waals surface area contributed by atoms with Crippen LogP contribution in [-0.4, -0.2) is 32.5 Å². The Hall–Kier alpha value is -0.210. The van der Waals surface area contributed by atoms with Gasteiger partial charge in [0, 0.05) is 6.04 Å². The van der Waals surface area contributed by atoms with Gasteiger partial charge in [0.2, 0.25) is 0 Å². The molecule has 0 amide bonds. The Kier molecular flexibility index (Phi) is 5.54. The van der Waals surface area contributed by atoms with Crippen molar-refractivity contribution in [2.45, 2.75) is 36.9 Å². The summed E-state index contributed by atoms with van der Waals surface area (Å²) in [6, 6.07) is 0.0445. The summed E-state index contributed by atoms with van der Waals surface area (Å²) < 4.78 is 27.5. The monoisotopic (exact) mass is 311 g/mol. The Bertz CT molecular complexity index is 495. The molecule has 0 unspecified atom stereocenters. The zero-order valence-corrected chi connectivity index (χ0v) is 12.8. The first-order valence-electron chi connectivity index (χ1n) is 5.66. The molecule has 0 radical (unpaired) electrons. The van der Waals surface area contributed by atoms with Gasteiger partial charge in [-0.3, -0.25) is 0 Å². The lowest BCUT2D eigenvalue weighted by atomic mass is 10.1. The number of hydrogen-bond donors (Lipinski definition) is 2. The van der Waals surface area contributed by atoms with E-state index < -0.39 is 10.0 Å². The zero-order valence-electron chi connectivity index (χ0n) is 10.4. The standard InChI is InChI=1S/C10H17N3O2S2.ClH/c1-7-10(16-8(2)12-7)17(14,15)13-9-3-5-11-6-4-9;/h9,11,13H,3-6H2,1-2H3;1H. The van der Waals surface area contributed by atoms with Gasteiger partial charge in [0.1, 0.15) is 0 Å². The quantitative estimate of drug-likeness (QED) is 0.880. The van der Waals surface area contributed by atoms with E-state index in [9.17, 15) is 8.42 Å². The number of nitrogens with zero attached hydrogens (tertiary/aromatic N) is 1. The Labute approximate surface area is 118 Å². The molecule has 2 heterocycles. The predicted molar refractivity (Wildman–Crippen MR) is 75.0 cm³/mol. The summed E-state index contributed by atoms with van der Waals surface area (Å²) in [4.78, 5) is 4.16. The minimum absolute atomic E-state index is 0. The number of piperidine rings is 1. The molecular formula is C10H18ClN3O2S2. The molecule has 2 rings (SSSR count). The molecule has 1 fully saturated rings. The first-order chi connectivity index (χ1) is 7.99. The number of aromatic nitrogens is 1. The fourth-order valence-corrected chi connectivity index (χ4v) is 4.78. The Morgan fingerprint density at radius 3 is 2.44 bits per heavy atom. The van der Waals surface area contributed by atoms with Crippen LogP contribution in [0, 0.1) is 13.8 Å². The van der Waals surface area contributed by atoms with Gasteiger partial charge in [-0.1, -0.05) is 0 Å². The number of hydrogen-bond acceptors (Lipinski definition) is 5. The molecule has 2 N–H and O–H groups in total. The minimum Gasteiger partial charge on any atom is -0.317 e. The molecule has 1 saturated heterocycles. The largest absolute Gasteiger partial charge is 0.317 e. The second-order valence-electron chi connectivity index (χ2n) is 4.25. The zero-order chi connectivity index (χ0) is 12.5. The van der Waals surface area contributed by atoms with E-state index >= 15 is 0 Å². The first-order valence-corrected chi connectivity index (χ1v) is 7.96. The SMILES string of the molecule is Cc1nc(C)c(S(=O)(=O)NC2CCNCC2)s1.Cl. The third-order valence-corrected chi connectivity index (χ3v) is 5.97. The maximum absolute atomic E-state index is 12.2. The van der Waals surface area contributed by atoms with Crippen molar-refractivity contribution in [2.75, 3.05) is 13.1 Å². The van der Waals surface area contributed by atoms with Crippen LogP contribution < -0.4 is 10.0 Å². The summed E-state index contributed by atoms with van der Waals surface area (Å²) in [6.45, 7) is 5.30. The second kappa shape index (κ2) is 6.29. The molecule has 0 saturated carbocycles.